The summed E-state index contributed by atoms with van der Waals surface area (Å²) in [6, 6.07) is 4.16. The van der Waals surface area contributed by atoms with Crippen molar-refractivity contribution in [3.05, 3.63) is 41.6 Å². The van der Waals surface area contributed by atoms with Crippen molar-refractivity contribution in [2.75, 3.05) is 29.9 Å². The summed E-state index contributed by atoms with van der Waals surface area (Å²) in [5, 5.41) is 11.0. The van der Waals surface area contributed by atoms with Crippen LogP contribution < -0.4 is 10.2 Å². The van der Waals surface area contributed by atoms with E-state index >= 15 is 0 Å². The van der Waals surface area contributed by atoms with E-state index in [4.69, 9.17) is 11.6 Å². The Morgan fingerprint density at radius 2 is 2.25 bits per heavy atom. The third-order valence-electron chi connectivity index (χ3n) is 4.91. The standard InChI is InChI=1S/C19H20ClFN6O/c20-13-5-14(21)7-15(6-13)22-8-16(28)4-12-2-1-3-27(10-12)19-17-9-25-26-18(17)23-11-24-19/h5-7,9,11-12,22H,1-4,8,10H2,(H,23,24,25,26)/t12-/m0/s1. The van der Waals surface area contributed by atoms with E-state index in [9.17, 15) is 9.18 Å². The summed E-state index contributed by atoms with van der Waals surface area (Å²) in [6.07, 6.45) is 5.71. The fourth-order valence-electron chi connectivity index (χ4n) is 3.68. The van der Waals surface area contributed by atoms with Gasteiger partial charge in [0.05, 0.1) is 18.1 Å². The molecule has 3 aromatic rings. The average Bonchev–Trinajstić information content (AvgIpc) is 3.15. The van der Waals surface area contributed by atoms with E-state index in [1.165, 1.54) is 18.5 Å². The molecule has 1 aliphatic rings. The van der Waals surface area contributed by atoms with Crippen LogP contribution in [0.25, 0.3) is 11.0 Å². The molecule has 0 aliphatic carbocycles. The first-order chi connectivity index (χ1) is 13.6. The molecule has 7 nitrogen and oxygen atoms in total. The van der Waals surface area contributed by atoms with Crippen LogP contribution in [-0.4, -0.2) is 45.6 Å². The molecule has 1 aliphatic heterocycles. The van der Waals surface area contributed by atoms with Gasteiger partial charge in [0, 0.05) is 30.2 Å². The highest BCUT2D eigenvalue weighted by Crippen LogP contribution is 2.28. The Labute approximate surface area is 166 Å². The van der Waals surface area contributed by atoms with Crippen LogP contribution in [0, 0.1) is 11.7 Å². The fourth-order valence-corrected chi connectivity index (χ4v) is 3.90. The van der Waals surface area contributed by atoms with Gasteiger partial charge < -0.3 is 10.2 Å². The van der Waals surface area contributed by atoms with Crippen LogP contribution in [0.1, 0.15) is 19.3 Å². The van der Waals surface area contributed by atoms with Crippen molar-refractivity contribution in [3.8, 4) is 0 Å². The Morgan fingerprint density at radius 3 is 3.11 bits per heavy atom. The van der Waals surface area contributed by atoms with Gasteiger partial charge in [0.15, 0.2) is 11.4 Å². The second kappa shape index (κ2) is 8.10. The van der Waals surface area contributed by atoms with Crippen LogP contribution in [0.15, 0.2) is 30.7 Å². The summed E-state index contributed by atoms with van der Waals surface area (Å²) in [4.78, 5) is 23.2. The number of hydrogen-bond donors (Lipinski definition) is 2. The highest BCUT2D eigenvalue weighted by atomic mass is 35.5. The molecule has 0 spiro atoms. The molecule has 0 bridgehead atoms. The average molecular weight is 403 g/mol. The molecule has 1 saturated heterocycles. The number of aromatic amines is 1. The quantitative estimate of drug-likeness (QED) is 0.656. The molecule has 2 aromatic heterocycles. The molecule has 2 N–H and O–H groups in total. The van der Waals surface area contributed by atoms with Crippen LogP contribution in [0.2, 0.25) is 5.02 Å². The summed E-state index contributed by atoms with van der Waals surface area (Å²) < 4.78 is 13.4. The molecule has 0 amide bonds. The van der Waals surface area contributed by atoms with Gasteiger partial charge in [-0.15, -0.1) is 0 Å². The lowest BCUT2D eigenvalue weighted by Gasteiger charge is -2.33. The Bertz CT molecular complexity index is 973. The van der Waals surface area contributed by atoms with Crippen LogP contribution in [0.4, 0.5) is 15.9 Å². The van der Waals surface area contributed by atoms with Crippen molar-refractivity contribution < 1.29 is 9.18 Å². The smallest absolute Gasteiger partial charge is 0.160 e. The monoisotopic (exact) mass is 402 g/mol. The number of piperidine rings is 1. The number of rotatable bonds is 6. The Morgan fingerprint density at radius 1 is 1.36 bits per heavy atom. The number of anilines is 2. The largest absolute Gasteiger partial charge is 0.378 e. The number of halogens is 2. The SMILES string of the molecule is O=C(CNc1cc(F)cc(Cl)c1)C[C@@H]1CCCN(c2ncnc3[nH]ncc23)C1. The summed E-state index contributed by atoms with van der Waals surface area (Å²) in [5.41, 5.74) is 1.22. The minimum atomic E-state index is -0.430. The van der Waals surface area contributed by atoms with Crippen molar-refractivity contribution in [2.24, 2.45) is 5.92 Å². The molecule has 0 unspecified atom stereocenters. The number of ketones is 1. The molecule has 1 fully saturated rings. The number of nitrogens with zero attached hydrogens (tertiary/aromatic N) is 4. The van der Waals surface area contributed by atoms with Gasteiger partial charge in [-0.25, -0.2) is 14.4 Å². The minimum absolute atomic E-state index is 0.0865. The molecular weight excluding hydrogens is 383 g/mol. The van der Waals surface area contributed by atoms with Crippen LogP contribution in [0.3, 0.4) is 0 Å². The third kappa shape index (κ3) is 4.22. The van der Waals surface area contributed by atoms with Gasteiger partial charge >= 0.3 is 0 Å². The first-order valence-electron chi connectivity index (χ1n) is 9.19. The number of fused-ring (bicyclic) bond motifs is 1. The molecule has 1 atom stereocenters. The number of Topliss-reactive ketones (excluding diaryl/α,β-unsaturated/α-hetero) is 1. The summed E-state index contributed by atoms with van der Waals surface area (Å²) >= 11 is 5.84. The number of carbonyl (C=O) groups excluding carboxylic acids is 1. The topological polar surface area (TPSA) is 86.8 Å². The van der Waals surface area contributed by atoms with Crippen molar-refractivity contribution in [1.29, 1.82) is 0 Å². The second-order valence-corrected chi connectivity index (χ2v) is 7.47. The first-order valence-corrected chi connectivity index (χ1v) is 9.57. The van der Waals surface area contributed by atoms with Crippen LogP contribution in [-0.2, 0) is 4.79 Å². The zero-order chi connectivity index (χ0) is 19.5. The van der Waals surface area contributed by atoms with Gasteiger partial charge in [0.25, 0.3) is 0 Å². The van der Waals surface area contributed by atoms with E-state index in [1.807, 2.05) is 0 Å². The second-order valence-electron chi connectivity index (χ2n) is 7.04. The number of benzene rings is 1. The highest BCUT2D eigenvalue weighted by Gasteiger charge is 2.24. The zero-order valence-electron chi connectivity index (χ0n) is 15.2. The van der Waals surface area contributed by atoms with Crippen molar-refractivity contribution in [3.63, 3.8) is 0 Å². The van der Waals surface area contributed by atoms with E-state index in [2.05, 4.69) is 30.4 Å². The van der Waals surface area contributed by atoms with Crippen LogP contribution >= 0.6 is 11.6 Å². The van der Waals surface area contributed by atoms with Gasteiger partial charge in [-0.05, 0) is 37.0 Å². The number of carbonyl (C=O) groups is 1. The normalized spacial score (nSPS) is 17.1. The van der Waals surface area contributed by atoms with Crippen molar-refractivity contribution in [2.45, 2.75) is 19.3 Å². The maximum absolute atomic E-state index is 13.4. The molecule has 1 aromatic carbocycles. The first kappa shape index (κ1) is 18.6. The van der Waals surface area contributed by atoms with E-state index in [1.54, 1.807) is 12.3 Å². The van der Waals surface area contributed by atoms with Gasteiger partial charge in [0.1, 0.15) is 18.0 Å². The summed E-state index contributed by atoms with van der Waals surface area (Å²) in [5.74, 6) is 0.753. The fraction of sp³-hybridized carbons (Fsp3) is 0.368. The molecule has 28 heavy (non-hydrogen) atoms. The van der Waals surface area contributed by atoms with Gasteiger partial charge in [-0.3, -0.25) is 9.89 Å². The maximum atomic E-state index is 13.4. The number of hydrogen-bond acceptors (Lipinski definition) is 6. The molecule has 146 valence electrons. The zero-order valence-corrected chi connectivity index (χ0v) is 15.9. The molecule has 0 radical (unpaired) electrons. The van der Waals surface area contributed by atoms with Gasteiger partial charge in [0.2, 0.25) is 0 Å². The van der Waals surface area contributed by atoms with E-state index in [-0.39, 0.29) is 18.2 Å². The lowest BCUT2D eigenvalue weighted by molar-refractivity contribution is -0.118. The van der Waals surface area contributed by atoms with Crippen molar-refractivity contribution >= 4 is 39.9 Å². The van der Waals surface area contributed by atoms with Gasteiger partial charge in [-0.1, -0.05) is 11.6 Å². The minimum Gasteiger partial charge on any atom is -0.378 e. The van der Waals surface area contributed by atoms with E-state index in [0.717, 1.165) is 37.1 Å². The Balaban J connectivity index is 1.36. The molecular formula is C19H20ClFN6O. The van der Waals surface area contributed by atoms with Crippen molar-refractivity contribution in [1.82, 2.24) is 20.2 Å². The lowest BCUT2D eigenvalue weighted by atomic mass is 9.92. The summed E-state index contributed by atoms with van der Waals surface area (Å²) in [7, 11) is 0. The Hall–Kier alpha value is -2.74. The van der Waals surface area contributed by atoms with E-state index in [0.29, 0.717) is 22.8 Å². The molecule has 0 saturated carbocycles. The molecule has 4 rings (SSSR count). The maximum Gasteiger partial charge on any atom is 0.160 e. The van der Waals surface area contributed by atoms with E-state index < -0.39 is 5.82 Å². The Kier molecular flexibility index (Phi) is 5.38. The third-order valence-corrected chi connectivity index (χ3v) is 5.13. The van der Waals surface area contributed by atoms with Crippen LogP contribution in [0.5, 0.6) is 0 Å². The highest BCUT2D eigenvalue weighted by molar-refractivity contribution is 6.30. The predicted molar refractivity (Wildman–Crippen MR) is 106 cm³/mol. The number of aromatic nitrogens is 4. The summed E-state index contributed by atoms with van der Waals surface area (Å²) in [6.45, 7) is 1.80. The molecule has 3 heterocycles. The van der Waals surface area contributed by atoms with Gasteiger partial charge in [-0.2, -0.15) is 5.10 Å². The molecule has 9 heteroatoms. The number of H-pyrrole nitrogens is 1. The predicted octanol–water partition coefficient (Wildman–Crippen LogP) is 3.43. The number of nitrogens with one attached hydrogen (secondary N) is 2. The lowest BCUT2D eigenvalue weighted by Crippen LogP contribution is -2.37.